The third-order valence-electron chi connectivity index (χ3n) is 6.74. The normalized spacial score (nSPS) is 15.6. The van der Waals surface area contributed by atoms with Gasteiger partial charge in [0, 0.05) is 11.1 Å². The number of amides is 2. The van der Waals surface area contributed by atoms with Crippen molar-refractivity contribution in [3.63, 3.8) is 0 Å². The molecule has 0 fully saturated rings. The number of primary amides is 1. The van der Waals surface area contributed by atoms with Gasteiger partial charge in [-0.15, -0.1) is 0 Å². The van der Waals surface area contributed by atoms with Gasteiger partial charge in [0.15, 0.2) is 0 Å². The number of hydrogen-bond acceptors (Lipinski definition) is 4. The first-order valence-corrected chi connectivity index (χ1v) is 11.4. The molecule has 2 amide bonds. The lowest BCUT2D eigenvalue weighted by Gasteiger charge is -2.32. The number of nitrogens with one attached hydrogen (secondary N) is 2. The summed E-state index contributed by atoms with van der Waals surface area (Å²) >= 11 is 0. The molecule has 7 heteroatoms. The van der Waals surface area contributed by atoms with Crippen molar-refractivity contribution in [3.05, 3.63) is 59.8 Å². The largest absolute Gasteiger partial charge is 0.495 e. The molecule has 4 rings (SSSR count). The number of aryl methyl sites for hydroxylation is 1. The second-order valence-electron chi connectivity index (χ2n) is 9.45. The number of benzene rings is 2. The number of aromatic nitrogens is 1. The maximum absolute atomic E-state index is 12.0. The molecule has 1 unspecified atom stereocenters. The first-order valence-electron chi connectivity index (χ1n) is 11.4. The van der Waals surface area contributed by atoms with E-state index in [-0.39, 0.29) is 18.2 Å². The zero-order valence-electron chi connectivity index (χ0n) is 19.8. The van der Waals surface area contributed by atoms with Crippen LogP contribution in [0.4, 0.5) is 5.69 Å². The monoisotopic (exact) mass is 461 g/mol. The molecule has 34 heavy (non-hydrogen) atoms. The molecule has 1 heterocycles. The van der Waals surface area contributed by atoms with Crippen LogP contribution >= 0.6 is 0 Å². The molecule has 0 bridgehead atoms. The van der Waals surface area contributed by atoms with Crippen LogP contribution in [-0.4, -0.2) is 34.6 Å². The fraction of sp³-hybridized carbons (Fsp3) is 0.333. The molecule has 0 aliphatic heterocycles. The van der Waals surface area contributed by atoms with Gasteiger partial charge in [-0.1, -0.05) is 24.8 Å². The van der Waals surface area contributed by atoms with Gasteiger partial charge in [-0.05, 0) is 79.5 Å². The van der Waals surface area contributed by atoms with E-state index in [1.54, 1.807) is 7.11 Å². The Morgan fingerprint density at radius 2 is 2.09 bits per heavy atom. The Bertz CT molecular complexity index is 1280. The Hall–Kier alpha value is -3.58. The van der Waals surface area contributed by atoms with Gasteiger partial charge >= 0.3 is 0 Å². The zero-order chi connectivity index (χ0) is 24.6. The van der Waals surface area contributed by atoms with Crippen molar-refractivity contribution in [1.29, 1.82) is 0 Å². The van der Waals surface area contributed by atoms with Crippen molar-refractivity contribution in [2.24, 2.45) is 11.7 Å². The number of ether oxygens (including phenoxy) is 1. The van der Waals surface area contributed by atoms with Crippen LogP contribution in [0.2, 0.25) is 0 Å². The third-order valence-corrected chi connectivity index (χ3v) is 6.74. The molecular weight excluding hydrogens is 430 g/mol. The molecule has 3 aromatic rings. The van der Waals surface area contributed by atoms with Crippen molar-refractivity contribution in [1.82, 2.24) is 4.98 Å². The lowest BCUT2D eigenvalue weighted by Crippen LogP contribution is -2.34. The van der Waals surface area contributed by atoms with E-state index in [2.05, 4.69) is 16.9 Å². The zero-order valence-corrected chi connectivity index (χ0v) is 19.8. The predicted molar refractivity (Wildman–Crippen MR) is 134 cm³/mol. The summed E-state index contributed by atoms with van der Waals surface area (Å²) in [5.41, 5.74) is 11.2. The smallest absolute Gasteiger partial charge is 0.247 e. The molecule has 7 nitrogen and oxygen atoms in total. The number of nitrogens with two attached hydrogens (primary N) is 1. The van der Waals surface area contributed by atoms with Crippen LogP contribution in [0.1, 0.15) is 37.1 Å². The van der Waals surface area contributed by atoms with E-state index >= 15 is 0 Å². The van der Waals surface area contributed by atoms with E-state index < -0.39 is 11.5 Å². The summed E-state index contributed by atoms with van der Waals surface area (Å²) < 4.78 is 5.42. The molecule has 1 aliphatic rings. The van der Waals surface area contributed by atoms with Crippen molar-refractivity contribution in [3.8, 4) is 16.9 Å². The van der Waals surface area contributed by atoms with Gasteiger partial charge in [0.25, 0.3) is 0 Å². The van der Waals surface area contributed by atoms with Gasteiger partial charge in [-0.3, -0.25) is 9.59 Å². The number of fused-ring (bicyclic) bond motifs is 3. The Morgan fingerprint density at radius 1 is 1.32 bits per heavy atom. The molecule has 0 saturated carbocycles. The number of hydrogen-bond donors (Lipinski definition) is 4. The van der Waals surface area contributed by atoms with Crippen LogP contribution in [0, 0.1) is 5.92 Å². The van der Waals surface area contributed by atoms with Crippen LogP contribution in [0.5, 0.6) is 5.75 Å². The first kappa shape index (κ1) is 23.6. The molecule has 1 atom stereocenters. The Kier molecular flexibility index (Phi) is 6.23. The molecule has 5 N–H and O–H groups in total. The van der Waals surface area contributed by atoms with Crippen molar-refractivity contribution >= 4 is 28.4 Å². The van der Waals surface area contributed by atoms with Gasteiger partial charge in [0.2, 0.25) is 11.8 Å². The fourth-order valence-corrected chi connectivity index (χ4v) is 4.93. The van der Waals surface area contributed by atoms with E-state index in [0.29, 0.717) is 11.4 Å². The number of carbonyl (C=O) groups excluding carboxylic acids is 2. The van der Waals surface area contributed by atoms with E-state index in [9.17, 15) is 14.7 Å². The summed E-state index contributed by atoms with van der Waals surface area (Å²) in [6.07, 6.45) is 3.75. The van der Waals surface area contributed by atoms with Crippen LogP contribution < -0.4 is 15.8 Å². The average molecular weight is 462 g/mol. The number of anilines is 1. The average Bonchev–Trinajstić information content (AvgIpc) is 3.18. The van der Waals surface area contributed by atoms with Crippen LogP contribution in [0.15, 0.2) is 43.0 Å². The number of methoxy groups -OCH3 is 1. The standard InChI is InChI=1S/C27H31N3O4/c1-5-24(32)29-21-12-15(7-11-22(21)34-4)18-9-6-16(13-23(28)31)26-25(18)19-10-8-17(27(2,3)33)14-20(19)30-26/h5-7,9,11-12,17,30,33H,1,8,10,13-14H2,2-4H3,(H2,28,31)(H,29,32). The quantitative estimate of drug-likeness (QED) is 0.400. The first-order chi connectivity index (χ1) is 16.1. The van der Waals surface area contributed by atoms with E-state index in [1.807, 2.05) is 44.2 Å². The molecule has 0 saturated heterocycles. The SMILES string of the molecule is C=CC(=O)Nc1cc(-c2ccc(CC(N)=O)c3[nH]c4c(c23)CCC(C(C)(C)O)C4)ccc1OC. The second-order valence-corrected chi connectivity index (χ2v) is 9.45. The van der Waals surface area contributed by atoms with Gasteiger partial charge in [0.1, 0.15) is 5.75 Å². The molecule has 178 valence electrons. The lowest BCUT2D eigenvalue weighted by atomic mass is 9.77. The molecule has 0 spiro atoms. The number of carbonyl (C=O) groups is 2. The lowest BCUT2D eigenvalue weighted by molar-refractivity contribution is -0.117. The topological polar surface area (TPSA) is 117 Å². The highest BCUT2D eigenvalue weighted by Gasteiger charge is 2.33. The highest BCUT2D eigenvalue weighted by Crippen LogP contribution is 2.42. The summed E-state index contributed by atoms with van der Waals surface area (Å²) in [5, 5.41) is 14.4. The summed E-state index contributed by atoms with van der Waals surface area (Å²) in [7, 11) is 1.55. The molecule has 1 aliphatic carbocycles. The van der Waals surface area contributed by atoms with Crippen LogP contribution in [0.3, 0.4) is 0 Å². The van der Waals surface area contributed by atoms with Crippen molar-refractivity contribution in [2.45, 2.75) is 45.1 Å². The van der Waals surface area contributed by atoms with Crippen LogP contribution in [0.25, 0.3) is 22.0 Å². The fourth-order valence-electron chi connectivity index (χ4n) is 4.93. The summed E-state index contributed by atoms with van der Waals surface area (Å²) in [5.74, 6) is -0.0357. The second kappa shape index (κ2) is 8.99. The minimum absolute atomic E-state index is 0.133. The third kappa shape index (κ3) is 4.43. The minimum atomic E-state index is -0.776. The van der Waals surface area contributed by atoms with Gasteiger partial charge in [0.05, 0.1) is 30.3 Å². The summed E-state index contributed by atoms with van der Waals surface area (Å²) in [6, 6.07) is 9.57. The highest BCUT2D eigenvalue weighted by molar-refractivity contribution is 6.04. The maximum atomic E-state index is 12.0. The minimum Gasteiger partial charge on any atom is -0.495 e. The Morgan fingerprint density at radius 3 is 2.74 bits per heavy atom. The number of H-pyrrole nitrogens is 1. The number of aliphatic hydroxyl groups is 1. The molecular formula is C27H31N3O4. The van der Waals surface area contributed by atoms with E-state index in [4.69, 9.17) is 10.5 Å². The maximum Gasteiger partial charge on any atom is 0.247 e. The molecule has 0 radical (unpaired) electrons. The summed E-state index contributed by atoms with van der Waals surface area (Å²) in [6.45, 7) is 7.22. The Balaban J connectivity index is 1.90. The predicted octanol–water partition coefficient (Wildman–Crippen LogP) is 3.87. The number of aromatic amines is 1. The van der Waals surface area contributed by atoms with E-state index in [1.165, 1.54) is 11.6 Å². The molecule has 1 aromatic heterocycles. The van der Waals surface area contributed by atoms with Gasteiger partial charge in [-0.2, -0.15) is 0 Å². The van der Waals surface area contributed by atoms with E-state index in [0.717, 1.165) is 52.5 Å². The van der Waals surface area contributed by atoms with Gasteiger partial charge in [-0.25, -0.2) is 0 Å². The molecule has 2 aromatic carbocycles. The highest BCUT2D eigenvalue weighted by atomic mass is 16.5. The Labute approximate surface area is 199 Å². The van der Waals surface area contributed by atoms with Gasteiger partial charge < -0.3 is 25.9 Å². The van der Waals surface area contributed by atoms with Crippen LogP contribution in [-0.2, 0) is 28.9 Å². The van der Waals surface area contributed by atoms with Crippen molar-refractivity contribution < 1.29 is 19.4 Å². The van der Waals surface area contributed by atoms with Crippen molar-refractivity contribution in [2.75, 3.05) is 12.4 Å². The number of rotatable bonds is 7. The summed E-state index contributed by atoms with van der Waals surface area (Å²) in [4.78, 5) is 27.3.